The number of hydrogen-bond donors (Lipinski definition) is 2. The fourth-order valence-corrected chi connectivity index (χ4v) is 5.31. The molecule has 0 saturated carbocycles. The summed E-state index contributed by atoms with van der Waals surface area (Å²) in [6, 6.07) is 5.92. The van der Waals surface area contributed by atoms with Gasteiger partial charge in [-0.15, -0.1) is 0 Å². The Balaban J connectivity index is 1.83. The standard InChI is InChI=1S/C13H13AsN4O3/c19-12-13(20)18-9-3-7(14-8-4-15-5-8)1-2-10(9)21-6-11(18)16-17-12/h1-3,8,14-15H,4-6H2,(H,17,19). The third-order valence-electron chi connectivity index (χ3n) is 3.65. The van der Waals surface area contributed by atoms with Crippen LogP contribution in [-0.4, -0.2) is 43.6 Å². The summed E-state index contributed by atoms with van der Waals surface area (Å²) in [4.78, 5) is 23.6. The van der Waals surface area contributed by atoms with Gasteiger partial charge in [-0.3, -0.25) is 0 Å². The van der Waals surface area contributed by atoms with Crippen molar-refractivity contribution in [3.63, 3.8) is 0 Å². The fraction of sp³-hybridized carbons (Fsp3) is 0.308. The third-order valence-corrected chi connectivity index (χ3v) is 6.72. The van der Waals surface area contributed by atoms with Crippen molar-refractivity contribution in [2.45, 2.75) is 11.3 Å². The van der Waals surface area contributed by atoms with Gasteiger partial charge in [0.15, 0.2) is 0 Å². The maximum absolute atomic E-state index is 12.1. The monoisotopic (exact) mass is 348 g/mol. The molecule has 108 valence electrons. The van der Waals surface area contributed by atoms with Crippen LogP contribution in [-0.2, 0) is 6.61 Å². The summed E-state index contributed by atoms with van der Waals surface area (Å²) in [6.07, 6.45) is 0. The molecule has 1 saturated heterocycles. The second kappa shape index (κ2) is 4.86. The molecular weight excluding hydrogens is 335 g/mol. The van der Waals surface area contributed by atoms with E-state index in [0.29, 0.717) is 17.3 Å². The van der Waals surface area contributed by atoms with Gasteiger partial charge < -0.3 is 0 Å². The summed E-state index contributed by atoms with van der Waals surface area (Å²) >= 11 is -0.259. The predicted molar refractivity (Wildman–Crippen MR) is 78.2 cm³/mol. The molecular formula is C13H13AsN4O3. The zero-order valence-electron chi connectivity index (χ0n) is 11.0. The van der Waals surface area contributed by atoms with Gasteiger partial charge >= 0.3 is 125 Å². The van der Waals surface area contributed by atoms with E-state index in [1.165, 1.54) is 8.92 Å². The maximum atomic E-state index is 12.1. The molecule has 2 N–H and O–H groups in total. The minimum absolute atomic E-state index is 0.182. The SMILES string of the molecule is O=c1[nH]nc2n(c1=O)-c1cc([AsH]C3CNC3)ccc1OC2. The van der Waals surface area contributed by atoms with Crippen molar-refractivity contribution in [2.75, 3.05) is 13.1 Å². The van der Waals surface area contributed by atoms with E-state index in [1.807, 2.05) is 12.1 Å². The molecule has 0 spiro atoms. The van der Waals surface area contributed by atoms with Gasteiger partial charge in [0, 0.05) is 0 Å². The van der Waals surface area contributed by atoms with E-state index in [2.05, 4.69) is 21.6 Å². The van der Waals surface area contributed by atoms with Crippen LogP contribution in [0.2, 0.25) is 4.71 Å². The van der Waals surface area contributed by atoms with E-state index >= 15 is 0 Å². The first-order valence-electron chi connectivity index (χ1n) is 6.67. The number of ether oxygens (including phenoxy) is 1. The summed E-state index contributed by atoms with van der Waals surface area (Å²) in [5.41, 5.74) is -0.684. The summed E-state index contributed by atoms with van der Waals surface area (Å²) in [5, 5.41) is 9.37. The molecule has 4 rings (SSSR count). The van der Waals surface area contributed by atoms with Gasteiger partial charge in [0.05, 0.1) is 0 Å². The molecule has 0 amide bonds. The molecule has 7 nitrogen and oxygen atoms in total. The molecule has 0 aliphatic carbocycles. The van der Waals surface area contributed by atoms with Gasteiger partial charge in [0.2, 0.25) is 0 Å². The molecule has 2 aliphatic rings. The van der Waals surface area contributed by atoms with Gasteiger partial charge in [0.25, 0.3) is 0 Å². The number of aromatic nitrogens is 3. The summed E-state index contributed by atoms with van der Waals surface area (Å²) in [6.45, 7) is 2.33. The number of H-pyrrole nitrogens is 1. The van der Waals surface area contributed by atoms with Crippen molar-refractivity contribution in [3.05, 3.63) is 44.7 Å². The number of rotatable bonds is 2. The Morgan fingerprint density at radius 1 is 1.33 bits per heavy atom. The van der Waals surface area contributed by atoms with Gasteiger partial charge in [-0.1, -0.05) is 0 Å². The van der Waals surface area contributed by atoms with E-state index in [-0.39, 0.29) is 22.4 Å². The molecule has 0 radical (unpaired) electrons. The van der Waals surface area contributed by atoms with Crippen molar-refractivity contribution in [1.82, 2.24) is 20.1 Å². The second-order valence-electron chi connectivity index (χ2n) is 5.08. The van der Waals surface area contributed by atoms with Crippen molar-refractivity contribution >= 4 is 20.1 Å². The zero-order valence-corrected chi connectivity index (χ0v) is 13.1. The molecule has 21 heavy (non-hydrogen) atoms. The summed E-state index contributed by atoms with van der Waals surface area (Å²) < 4.78 is 8.97. The van der Waals surface area contributed by atoms with Crippen LogP contribution in [0.15, 0.2) is 27.8 Å². The summed E-state index contributed by atoms with van der Waals surface area (Å²) in [7, 11) is 0. The van der Waals surface area contributed by atoms with Gasteiger partial charge in [-0.25, -0.2) is 0 Å². The second-order valence-corrected chi connectivity index (χ2v) is 8.61. The van der Waals surface area contributed by atoms with Gasteiger partial charge in [0.1, 0.15) is 0 Å². The normalized spacial score (nSPS) is 17.1. The Bertz CT molecular complexity index is 825. The minimum atomic E-state index is -0.712. The average Bonchev–Trinajstić information content (AvgIpc) is 2.46. The van der Waals surface area contributed by atoms with E-state index in [0.717, 1.165) is 17.8 Å². The van der Waals surface area contributed by atoms with E-state index < -0.39 is 11.1 Å². The van der Waals surface area contributed by atoms with E-state index in [1.54, 1.807) is 0 Å². The molecule has 1 unspecified atom stereocenters. The number of nitrogens with one attached hydrogen (secondary N) is 2. The quantitative estimate of drug-likeness (QED) is 0.497. The topological polar surface area (TPSA) is 89.0 Å². The van der Waals surface area contributed by atoms with Crippen molar-refractivity contribution in [1.29, 1.82) is 0 Å². The van der Waals surface area contributed by atoms with Crippen LogP contribution in [0.4, 0.5) is 0 Å². The number of aromatic amines is 1. The molecule has 1 fully saturated rings. The van der Waals surface area contributed by atoms with Crippen molar-refractivity contribution in [3.8, 4) is 11.4 Å². The predicted octanol–water partition coefficient (Wildman–Crippen LogP) is -1.73. The van der Waals surface area contributed by atoms with Crippen molar-refractivity contribution < 1.29 is 4.74 Å². The number of fused-ring (bicyclic) bond motifs is 3. The molecule has 2 aromatic rings. The fourth-order valence-electron chi connectivity index (χ4n) is 2.45. The zero-order chi connectivity index (χ0) is 14.4. The molecule has 1 atom stereocenters. The Morgan fingerprint density at radius 3 is 2.95 bits per heavy atom. The van der Waals surface area contributed by atoms with Crippen LogP contribution >= 0.6 is 0 Å². The number of nitrogens with zero attached hydrogens (tertiary/aromatic N) is 2. The first-order valence-corrected chi connectivity index (χ1v) is 8.93. The molecule has 3 heterocycles. The Labute approximate surface area is 126 Å². The molecule has 1 aromatic heterocycles. The third kappa shape index (κ3) is 2.13. The first-order chi connectivity index (χ1) is 10.2. The average molecular weight is 348 g/mol. The molecule has 0 bridgehead atoms. The molecule has 2 aliphatic heterocycles. The first kappa shape index (κ1) is 12.9. The number of hydrogen-bond acceptors (Lipinski definition) is 5. The van der Waals surface area contributed by atoms with E-state index in [4.69, 9.17) is 4.74 Å². The Hall–Kier alpha value is -1.85. The molecule has 8 heteroatoms. The van der Waals surface area contributed by atoms with Crippen LogP contribution < -0.4 is 25.5 Å². The Kier molecular flexibility index (Phi) is 2.97. The van der Waals surface area contributed by atoms with E-state index in [9.17, 15) is 9.59 Å². The van der Waals surface area contributed by atoms with Crippen LogP contribution in [0.1, 0.15) is 5.82 Å². The van der Waals surface area contributed by atoms with Gasteiger partial charge in [-0.05, 0) is 0 Å². The Morgan fingerprint density at radius 2 is 2.19 bits per heavy atom. The van der Waals surface area contributed by atoms with Crippen LogP contribution in [0.5, 0.6) is 5.75 Å². The van der Waals surface area contributed by atoms with Crippen LogP contribution in [0.3, 0.4) is 0 Å². The van der Waals surface area contributed by atoms with Crippen LogP contribution in [0, 0.1) is 0 Å². The molecule has 1 aromatic carbocycles. The number of benzene rings is 1. The van der Waals surface area contributed by atoms with Gasteiger partial charge in [-0.2, -0.15) is 0 Å². The van der Waals surface area contributed by atoms with Crippen LogP contribution in [0.25, 0.3) is 5.69 Å². The van der Waals surface area contributed by atoms with Crippen molar-refractivity contribution in [2.24, 2.45) is 0 Å². The summed E-state index contributed by atoms with van der Waals surface area (Å²) in [5.74, 6) is 1.05.